The Morgan fingerprint density at radius 1 is 1.91 bits per heavy atom. The van der Waals surface area contributed by atoms with Gasteiger partial charge in [0.2, 0.25) is 11.0 Å². The van der Waals surface area contributed by atoms with Crippen molar-refractivity contribution in [2.45, 2.75) is 6.92 Å². The van der Waals surface area contributed by atoms with Gasteiger partial charge in [-0.3, -0.25) is 4.79 Å². The predicted molar refractivity (Wildman–Crippen MR) is 44.5 cm³/mol. The lowest BCUT2D eigenvalue weighted by atomic mass is 10.7. The molecule has 0 radical (unpaired) electrons. The summed E-state index contributed by atoms with van der Waals surface area (Å²) < 4.78 is 0.511. The summed E-state index contributed by atoms with van der Waals surface area (Å²) in [5, 5.41) is 1.36. The molecule has 60 valence electrons. The van der Waals surface area contributed by atoms with Gasteiger partial charge >= 0.3 is 0 Å². The van der Waals surface area contributed by atoms with E-state index in [0.29, 0.717) is 9.47 Å². The maximum absolute atomic E-state index is 10.7. The smallest absolute Gasteiger partial charge is 0.240 e. The minimum Gasteiger partial charge on any atom is -0.273 e. The lowest BCUT2D eigenvalue weighted by molar-refractivity contribution is -0.116. The number of anilines is 1. The zero-order valence-electron chi connectivity index (χ0n) is 5.74. The van der Waals surface area contributed by atoms with Crippen LogP contribution in [0.5, 0.6) is 0 Å². The first kappa shape index (κ1) is 8.45. The topological polar surface area (TPSA) is 59.2 Å². The van der Waals surface area contributed by atoms with Gasteiger partial charge in [0, 0.05) is 6.92 Å². The van der Waals surface area contributed by atoms with E-state index in [1.54, 1.807) is 0 Å². The van der Waals surface area contributed by atoms with Crippen LogP contribution in [0.15, 0.2) is 6.20 Å². The van der Waals surface area contributed by atoms with Gasteiger partial charge in [0.25, 0.3) is 0 Å². The average molecular weight is 192 g/mol. The average Bonchev–Trinajstić information content (AvgIpc) is 2.34. The molecule has 4 nitrogen and oxygen atoms in total. The van der Waals surface area contributed by atoms with Crippen LogP contribution in [0.25, 0.3) is 0 Å². The van der Waals surface area contributed by atoms with Crippen LogP contribution in [0.3, 0.4) is 0 Å². The van der Waals surface area contributed by atoms with Crippen molar-refractivity contribution in [2.75, 3.05) is 5.01 Å². The predicted octanol–water partition coefficient (Wildman–Crippen LogP) is 1.02. The van der Waals surface area contributed by atoms with Crippen LogP contribution in [0.4, 0.5) is 5.13 Å². The second-order valence-electron chi connectivity index (χ2n) is 1.84. The molecule has 1 amide bonds. The van der Waals surface area contributed by atoms with Gasteiger partial charge in [-0.1, -0.05) is 22.9 Å². The molecule has 2 N–H and O–H groups in total. The summed E-state index contributed by atoms with van der Waals surface area (Å²) >= 11 is 6.73. The molecule has 1 rings (SSSR count). The summed E-state index contributed by atoms with van der Waals surface area (Å²) in [5.41, 5.74) is 0. The van der Waals surface area contributed by atoms with Crippen LogP contribution in [-0.2, 0) is 4.79 Å². The van der Waals surface area contributed by atoms with Crippen LogP contribution in [0, 0.1) is 0 Å². The third kappa shape index (κ3) is 1.89. The van der Waals surface area contributed by atoms with Crippen LogP contribution >= 0.6 is 22.9 Å². The summed E-state index contributed by atoms with van der Waals surface area (Å²) in [5.74, 6) is 5.06. The highest BCUT2D eigenvalue weighted by Crippen LogP contribution is 2.24. The van der Waals surface area contributed by atoms with E-state index in [1.165, 1.54) is 13.1 Å². The van der Waals surface area contributed by atoms with Gasteiger partial charge in [-0.2, -0.15) is 0 Å². The van der Waals surface area contributed by atoms with E-state index in [-0.39, 0.29) is 5.91 Å². The van der Waals surface area contributed by atoms with Crippen molar-refractivity contribution >= 4 is 34.0 Å². The highest BCUT2D eigenvalue weighted by Gasteiger charge is 2.09. The molecule has 0 atom stereocenters. The number of hydrogen-bond acceptors (Lipinski definition) is 4. The molecular weight excluding hydrogens is 186 g/mol. The van der Waals surface area contributed by atoms with Gasteiger partial charge in [0.05, 0.1) is 6.20 Å². The van der Waals surface area contributed by atoms with Crippen LogP contribution in [0.2, 0.25) is 4.34 Å². The lowest BCUT2D eigenvalue weighted by Gasteiger charge is -2.08. The number of nitrogens with two attached hydrogens (primary N) is 1. The summed E-state index contributed by atoms with van der Waals surface area (Å²) in [6.07, 6.45) is 1.45. The fourth-order valence-electron chi connectivity index (χ4n) is 0.492. The Balaban J connectivity index is 2.84. The van der Waals surface area contributed by atoms with Crippen LogP contribution < -0.4 is 10.9 Å². The highest BCUT2D eigenvalue weighted by atomic mass is 35.5. The van der Waals surface area contributed by atoms with Gasteiger partial charge in [0.1, 0.15) is 4.34 Å². The molecule has 1 heterocycles. The summed E-state index contributed by atoms with van der Waals surface area (Å²) in [6.45, 7) is 1.36. The number of aromatic nitrogens is 1. The molecule has 0 fully saturated rings. The summed E-state index contributed by atoms with van der Waals surface area (Å²) in [6, 6.07) is 0. The van der Waals surface area contributed by atoms with E-state index in [4.69, 9.17) is 17.4 Å². The van der Waals surface area contributed by atoms with E-state index in [1.807, 2.05) is 0 Å². The number of hydrogen-bond donors (Lipinski definition) is 1. The first-order valence-electron chi connectivity index (χ1n) is 2.78. The van der Waals surface area contributed by atoms with Gasteiger partial charge in [-0.05, 0) is 0 Å². The van der Waals surface area contributed by atoms with E-state index in [2.05, 4.69) is 4.98 Å². The highest BCUT2D eigenvalue weighted by molar-refractivity contribution is 7.19. The second kappa shape index (κ2) is 3.17. The number of halogens is 1. The molecular formula is C5H6ClN3OS. The van der Waals surface area contributed by atoms with Crippen molar-refractivity contribution in [2.24, 2.45) is 5.84 Å². The van der Waals surface area contributed by atoms with Crippen molar-refractivity contribution in [3.05, 3.63) is 10.5 Å². The molecule has 0 aliphatic rings. The SMILES string of the molecule is CC(=O)N(N)c1ncc(Cl)s1. The zero-order valence-corrected chi connectivity index (χ0v) is 7.32. The number of hydrazine groups is 1. The monoisotopic (exact) mass is 191 g/mol. The third-order valence-electron chi connectivity index (χ3n) is 1.01. The zero-order chi connectivity index (χ0) is 8.43. The van der Waals surface area contributed by atoms with E-state index in [9.17, 15) is 4.79 Å². The largest absolute Gasteiger partial charge is 0.273 e. The Morgan fingerprint density at radius 2 is 2.55 bits per heavy atom. The molecule has 6 heteroatoms. The fraction of sp³-hybridized carbons (Fsp3) is 0.200. The maximum atomic E-state index is 10.7. The maximum Gasteiger partial charge on any atom is 0.240 e. The number of carbonyl (C=O) groups is 1. The first-order valence-corrected chi connectivity index (χ1v) is 3.97. The standard InChI is InChI=1S/C5H6ClN3OS/c1-3(10)9(7)5-8-2-4(6)11-5/h2H,7H2,1H3. The van der Waals surface area contributed by atoms with Crippen LogP contribution in [0.1, 0.15) is 6.92 Å². The molecule has 1 aromatic heterocycles. The Morgan fingerprint density at radius 3 is 2.91 bits per heavy atom. The minimum absolute atomic E-state index is 0.268. The molecule has 0 aliphatic carbocycles. The lowest BCUT2D eigenvalue weighted by Crippen LogP contribution is -2.35. The van der Waals surface area contributed by atoms with Crippen molar-refractivity contribution in [1.29, 1.82) is 0 Å². The van der Waals surface area contributed by atoms with Gasteiger partial charge in [-0.15, -0.1) is 0 Å². The normalized spacial score (nSPS) is 9.73. The second-order valence-corrected chi connectivity index (χ2v) is 3.48. The number of rotatable bonds is 1. The number of amides is 1. The Hall–Kier alpha value is -0.650. The Kier molecular flexibility index (Phi) is 2.43. The van der Waals surface area contributed by atoms with Crippen molar-refractivity contribution in [1.82, 2.24) is 4.98 Å². The molecule has 0 aliphatic heterocycles. The van der Waals surface area contributed by atoms with Gasteiger partial charge in [0.15, 0.2) is 0 Å². The molecule has 0 bridgehead atoms. The quantitative estimate of drug-likeness (QED) is 0.410. The molecule has 0 unspecified atom stereocenters. The molecule has 11 heavy (non-hydrogen) atoms. The molecule has 1 aromatic rings. The third-order valence-corrected chi connectivity index (χ3v) is 2.12. The van der Waals surface area contributed by atoms with Crippen molar-refractivity contribution in [3.8, 4) is 0 Å². The number of thiazole rings is 1. The molecule has 0 aromatic carbocycles. The Bertz CT molecular complexity index is 274. The van der Waals surface area contributed by atoms with Gasteiger partial charge < -0.3 is 0 Å². The molecule has 0 saturated carbocycles. The first-order chi connectivity index (χ1) is 5.11. The Labute approximate surface area is 72.6 Å². The van der Waals surface area contributed by atoms with E-state index in [0.717, 1.165) is 16.3 Å². The van der Waals surface area contributed by atoms with Crippen LogP contribution in [-0.4, -0.2) is 10.9 Å². The summed E-state index contributed by atoms with van der Waals surface area (Å²) in [4.78, 5) is 14.5. The van der Waals surface area contributed by atoms with Gasteiger partial charge in [-0.25, -0.2) is 15.8 Å². The molecule has 0 saturated heterocycles. The summed E-state index contributed by atoms with van der Waals surface area (Å²) in [7, 11) is 0. The van der Waals surface area contributed by atoms with Crippen molar-refractivity contribution < 1.29 is 4.79 Å². The molecule has 0 spiro atoms. The number of nitrogens with zero attached hydrogens (tertiary/aromatic N) is 2. The van der Waals surface area contributed by atoms with E-state index >= 15 is 0 Å². The van der Waals surface area contributed by atoms with Crippen molar-refractivity contribution in [3.63, 3.8) is 0 Å². The minimum atomic E-state index is -0.268. The number of carbonyl (C=O) groups excluding carboxylic acids is 1. The van der Waals surface area contributed by atoms with E-state index < -0.39 is 0 Å². The fourth-order valence-corrected chi connectivity index (χ4v) is 1.36.